The zero-order valence-corrected chi connectivity index (χ0v) is 11.2. The number of nitrogens with zero attached hydrogens (tertiary/aromatic N) is 2. The molecule has 4 heteroatoms. The van der Waals surface area contributed by atoms with Gasteiger partial charge >= 0.3 is 0 Å². The average molecular weight is 257 g/mol. The van der Waals surface area contributed by atoms with Crippen LogP contribution in [0.1, 0.15) is 17.7 Å². The highest BCUT2D eigenvalue weighted by Gasteiger charge is 2.37. The monoisotopic (exact) mass is 257 g/mol. The number of hydrogen-bond acceptors (Lipinski definition) is 3. The third-order valence-corrected chi connectivity index (χ3v) is 3.98. The van der Waals surface area contributed by atoms with Gasteiger partial charge in [0.25, 0.3) is 0 Å². The molecule has 0 aliphatic carbocycles. The number of benzene rings is 1. The quantitative estimate of drug-likeness (QED) is 0.909. The van der Waals surface area contributed by atoms with Crippen molar-refractivity contribution in [3.8, 4) is 5.75 Å². The first-order valence-corrected chi connectivity index (χ1v) is 6.64. The van der Waals surface area contributed by atoms with Crippen LogP contribution >= 0.6 is 0 Å². The summed E-state index contributed by atoms with van der Waals surface area (Å²) < 4.78 is 7.58. The lowest BCUT2D eigenvalue weighted by atomic mass is 9.73. The average Bonchev–Trinajstić information content (AvgIpc) is 2.84. The van der Waals surface area contributed by atoms with Gasteiger partial charge in [-0.2, -0.15) is 5.10 Å². The Labute approximate surface area is 113 Å². The van der Waals surface area contributed by atoms with Crippen LogP contribution in [-0.2, 0) is 18.9 Å². The van der Waals surface area contributed by atoms with Gasteiger partial charge in [0.2, 0.25) is 0 Å². The molecular weight excluding hydrogens is 238 g/mol. The first kappa shape index (κ1) is 12.2. The highest BCUT2D eigenvalue weighted by molar-refractivity contribution is 5.42. The molecule has 0 spiro atoms. The smallest absolute Gasteiger partial charge is 0.123 e. The molecule has 19 heavy (non-hydrogen) atoms. The molecule has 0 fully saturated rings. The van der Waals surface area contributed by atoms with E-state index in [0.29, 0.717) is 6.54 Å². The molecule has 3 rings (SSSR count). The highest BCUT2D eigenvalue weighted by atomic mass is 16.5. The Hall–Kier alpha value is -1.81. The summed E-state index contributed by atoms with van der Waals surface area (Å²) in [6, 6.07) is 10.3. The molecule has 2 N–H and O–H groups in total. The highest BCUT2D eigenvalue weighted by Crippen LogP contribution is 2.40. The minimum absolute atomic E-state index is 0.0524. The summed E-state index contributed by atoms with van der Waals surface area (Å²) in [5.41, 5.74) is 8.37. The van der Waals surface area contributed by atoms with Crippen molar-refractivity contribution in [1.29, 1.82) is 0 Å². The molecule has 100 valence electrons. The number of ether oxygens (including phenoxy) is 1. The number of aromatic nitrogens is 2. The Morgan fingerprint density at radius 1 is 1.37 bits per heavy atom. The Bertz CT molecular complexity index is 578. The van der Waals surface area contributed by atoms with Crippen molar-refractivity contribution in [2.45, 2.75) is 18.3 Å². The van der Waals surface area contributed by atoms with Gasteiger partial charge in [-0.15, -0.1) is 0 Å². The molecular formula is C15H19N3O. The van der Waals surface area contributed by atoms with Crippen LogP contribution in [0.25, 0.3) is 0 Å². The predicted molar refractivity (Wildman–Crippen MR) is 74.2 cm³/mol. The van der Waals surface area contributed by atoms with Crippen molar-refractivity contribution >= 4 is 0 Å². The van der Waals surface area contributed by atoms with E-state index < -0.39 is 0 Å². The minimum atomic E-state index is -0.0524. The second kappa shape index (κ2) is 4.70. The molecule has 1 aromatic heterocycles. The summed E-state index contributed by atoms with van der Waals surface area (Å²) in [4.78, 5) is 0. The number of para-hydroxylation sites is 1. The van der Waals surface area contributed by atoms with Crippen LogP contribution in [0.5, 0.6) is 5.75 Å². The van der Waals surface area contributed by atoms with Crippen molar-refractivity contribution in [2.75, 3.05) is 13.2 Å². The fourth-order valence-electron chi connectivity index (χ4n) is 2.89. The van der Waals surface area contributed by atoms with Gasteiger partial charge in [0, 0.05) is 37.2 Å². The van der Waals surface area contributed by atoms with Crippen LogP contribution in [0, 0.1) is 0 Å². The minimum Gasteiger partial charge on any atom is -0.493 e. The van der Waals surface area contributed by atoms with Crippen molar-refractivity contribution in [2.24, 2.45) is 12.8 Å². The molecule has 0 saturated carbocycles. The Morgan fingerprint density at radius 2 is 2.21 bits per heavy atom. The van der Waals surface area contributed by atoms with Gasteiger partial charge in [-0.25, -0.2) is 0 Å². The summed E-state index contributed by atoms with van der Waals surface area (Å²) >= 11 is 0. The van der Waals surface area contributed by atoms with Crippen molar-refractivity contribution in [3.05, 3.63) is 47.8 Å². The first-order chi connectivity index (χ1) is 9.23. The van der Waals surface area contributed by atoms with Gasteiger partial charge in [0.05, 0.1) is 12.3 Å². The zero-order chi connectivity index (χ0) is 13.3. The van der Waals surface area contributed by atoms with E-state index in [1.807, 2.05) is 30.1 Å². The maximum atomic E-state index is 6.12. The number of nitrogens with two attached hydrogens (primary N) is 1. The summed E-state index contributed by atoms with van der Waals surface area (Å²) in [6.07, 6.45) is 3.78. The fraction of sp³-hybridized carbons (Fsp3) is 0.400. The lowest BCUT2D eigenvalue weighted by Crippen LogP contribution is -2.41. The molecule has 0 radical (unpaired) electrons. The number of aryl methyl sites for hydroxylation is 1. The maximum absolute atomic E-state index is 6.12. The molecule has 4 nitrogen and oxygen atoms in total. The molecule has 1 aliphatic rings. The summed E-state index contributed by atoms with van der Waals surface area (Å²) in [5.74, 6) is 0.968. The third kappa shape index (κ3) is 2.12. The van der Waals surface area contributed by atoms with Crippen LogP contribution in [0.4, 0.5) is 0 Å². The molecule has 2 heterocycles. The fourth-order valence-corrected chi connectivity index (χ4v) is 2.89. The molecule has 2 aromatic rings. The summed E-state index contributed by atoms with van der Waals surface area (Å²) in [6.45, 7) is 1.34. The van der Waals surface area contributed by atoms with Gasteiger partial charge in [0.1, 0.15) is 5.75 Å². The van der Waals surface area contributed by atoms with Crippen LogP contribution < -0.4 is 10.5 Å². The molecule has 1 aromatic carbocycles. The lowest BCUT2D eigenvalue weighted by molar-refractivity contribution is 0.214. The first-order valence-electron chi connectivity index (χ1n) is 6.64. The van der Waals surface area contributed by atoms with Crippen LogP contribution in [0.15, 0.2) is 36.5 Å². The molecule has 0 bridgehead atoms. The molecule has 0 amide bonds. The van der Waals surface area contributed by atoms with Gasteiger partial charge in [-0.3, -0.25) is 4.68 Å². The standard InChI is InChI=1S/C15H19N3O/c1-18-8-6-12(17-18)10-15(11-16)7-9-19-14-5-3-2-4-13(14)15/h2-6,8H,7,9-11,16H2,1H3. The number of hydrogen-bond donors (Lipinski definition) is 1. The van der Waals surface area contributed by atoms with E-state index in [9.17, 15) is 0 Å². The van der Waals surface area contributed by atoms with E-state index >= 15 is 0 Å². The normalized spacial score (nSPS) is 21.8. The topological polar surface area (TPSA) is 53.1 Å². The van der Waals surface area contributed by atoms with E-state index in [1.54, 1.807) is 0 Å². The van der Waals surface area contributed by atoms with E-state index in [0.717, 1.165) is 30.9 Å². The Balaban J connectivity index is 2.00. The number of fused-ring (bicyclic) bond motifs is 1. The van der Waals surface area contributed by atoms with Gasteiger partial charge < -0.3 is 10.5 Å². The van der Waals surface area contributed by atoms with Crippen molar-refractivity contribution < 1.29 is 4.74 Å². The second-order valence-electron chi connectivity index (χ2n) is 5.24. The lowest BCUT2D eigenvalue weighted by Gasteiger charge is -2.37. The molecule has 1 atom stereocenters. The van der Waals surface area contributed by atoms with Crippen molar-refractivity contribution in [1.82, 2.24) is 9.78 Å². The van der Waals surface area contributed by atoms with E-state index in [4.69, 9.17) is 10.5 Å². The van der Waals surface area contributed by atoms with Gasteiger partial charge in [-0.05, 0) is 18.6 Å². The predicted octanol–water partition coefficient (Wildman–Crippen LogP) is 1.64. The van der Waals surface area contributed by atoms with Crippen LogP contribution in [0.2, 0.25) is 0 Å². The summed E-state index contributed by atoms with van der Waals surface area (Å²) in [5, 5.41) is 4.49. The largest absolute Gasteiger partial charge is 0.493 e. The summed E-state index contributed by atoms with van der Waals surface area (Å²) in [7, 11) is 1.94. The van der Waals surface area contributed by atoms with Gasteiger partial charge in [0.15, 0.2) is 0 Å². The van der Waals surface area contributed by atoms with E-state index in [1.165, 1.54) is 5.56 Å². The van der Waals surface area contributed by atoms with Crippen LogP contribution in [-0.4, -0.2) is 22.9 Å². The van der Waals surface area contributed by atoms with Gasteiger partial charge in [-0.1, -0.05) is 18.2 Å². The second-order valence-corrected chi connectivity index (χ2v) is 5.24. The van der Waals surface area contributed by atoms with E-state index in [-0.39, 0.29) is 5.41 Å². The number of rotatable bonds is 3. The SMILES string of the molecule is Cn1ccc(CC2(CN)CCOc3ccccc32)n1. The molecule has 1 unspecified atom stereocenters. The van der Waals surface area contributed by atoms with Crippen LogP contribution in [0.3, 0.4) is 0 Å². The van der Waals surface area contributed by atoms with Crippen molar-refractivity contribution in [3.63, 3.8) is 0 Å². The molecule has 0 saturated heterocycles. The molecule has 1 aliphatic heterocycles. The Morgan fingerprint density at radius 3 is 2.95 bits per heavy atom. The maximum Gasteiger partial charge on any atom is 0.123 e. The zero-order valence-electron chi connectivity index (χ0n) is 11.2. The Kier molecular flexibility index (Phi) is 3.03. The third-order valence-electron chi connectivity index (χ3n) is 3.98. The van der Waals surface area contributed by atoms with E-state index in [2.05, 4.69) is 23.3 Å².